The summed E-state index contributed by atoms with van der Waals surface area (Å²) in [6.07, 6.45) is 0. The number of hydrogen-bond donors (Lipinski definition) is 3. The summed E-state index contributed by atoms with van der Waals surface area (Å²) in [5, 5.41) is 6.34. The molecule has 134 valence electrons. The number of aryl methyl sites for hydroxylation is 1. The first-order chi connectivity index (χ1) is 12.2. The van der Waals surface area contributed by atoms with Gasteiger partial charge in [-0.15, -0.1) is 0 Å². The van der Waals surface area contributed by atoms with Crippen LogP contribution in [0.15, 0.2) is 24.3 Å². The van der Waals surface area contributed by atoms with Crippen molar-refractivity contribution in [2.45, 2.75) is 46.2 Å². The number of nitrogens with one attached hydrogen (secondary N) is 3. The first-order valence-corrected chi connectivity index (χ1v) is 8.82. The van der Waals surface area contributed by atoms with Gasteiger partial charge >= 0.3 is 0 Å². The Kier molecular flexibility index (Phi) is 3.54. The summed E-state index contributed by atoms with van der Waals surface area (Å²) in [4.78, 5) is 25.0. The average molecular weight is 349 g/mol. The highest BCUT2D eigenvalue weighted by Gasteiger charge is 2.28. The molecule has 3 N–H and O–H groups in total. The number of H-pyrrole nitrogens is 1. The lowest BCUT2D eigenvalue weighted by Gasteiger charge is -2.22. The number of amides is 1. The van der Waals surface area contributed by atoms with Gasteiger partial charge in [0.15, 0.2) is 0 Å². The van der Waals surface area contributed by atoms with Gasteiger partial charge in [0.25, 0.3) is 5.91 Å². The molecule has 6 nitrogen and oxygen atoms in total. The van der Waals surface area contributed by atoms with Crippen LogP contribution in [-0.4, -0.2) is 26.4 Å². The third-order valence-corrected chi connectivity index (χ3v) is 4.53. The molecule has 26 heavy (non-hydrogen) atoms. The Morgan fingerprint density at radius 3 is 2.62 bits per heavy atom. The number of rotatable bonds is 2. The monoisotopic (exact) mass is 349 g/mol. The fourth-order valence-electron chi connectivity index (χ4n) is 3.35. The van der Waals surface area contributed by atoms with Gasteiger partial charge in [0, 0.05) is 16.8 Å². The number of fused-ring (bicyclic) bond motifs is 2. The van der Waals surface area contributed by atoms with Crippen LogP contribution in [0.4, 0.5) is 5.82 Å². The zero-order valence-electron chi connectivity index (χ0n) is 15.7. The Morgan fingerprint density at radius 1 is 1.15 bits per heavy atom. The van der Waals surface area contributed by atoms with Crippen molar-refractivity contribution in [3.63, 3.8) is 0 Å². The van der Waals surface area contributed by atoms with Crippen molar-refractivity contribution < 1.29 is 4.79 Å². The molecule has 1 amide bonds. The van der Waals surface area contributed by atoms with E-state index < -0.39 is 0 Å². The fourth-order valence-corrected chi connectivity index (χ4v) is 3.35. The predicted molar refractivity (Wildman–Crippen MR) is 103 cm³/mol. The van der Waals surface area contributed by atoms with Gasteiger partial charge in [-0.25, -0.2) is 9.97 Å². The number of para-hydroxylation sites is 1. The predicted octanol–water partition coefficient (Wildman–Crippen LogP) is 3.95. The van der Waals surface area contributed by atoms with Crippen LogP contribution in [0.25, 0.3) is 22.3 Å². The summed E-state index contributed by atoms with van der Waals surface area (Å²) >= 11 is 0. The van der Waals surface area contributed by atoms with E-state index in [0.29, 0.717) is 5.56 Å². The van der Waals surface area contributed by atoms with Crippen LogP contribution in [0.5, 0.6) is 0 Å². The maximum absolute atomic E-state index is 12.1. The van der Waals surface area contributed by atoms with Gasteiger partial charge in [-0.1, -0.05) is 12.1 Å². The molecule has 2 aromatic heterocycles. The molecule has 0 radical (unpaired) electrons. The van der Waals surface area contributed by atoms with E-state index in [1.165, 1.54) is 0 Å². The van der Waals surface area contributed by atoms with Crippen molar-refractivity contribution in [2.75, 3.05) is 5.32 Å². The van der Waals surface area contributed by atoms with E-state index >= 15 is 0 Å². The Labute approximate surface area is 152 Å². The molecule has 0 unspecified atom stereocenters. The van der Waals surface area contributed by atoms with Crippen LogP contribution < -0.4 is 10.6 Å². The second-order valence-electron chi connectivity index (χ2n) is 7.91. The quantitative estimate of drug-likeness (QED) is 0.654. The lowest BCUT2D eigenvalue weighted by Crippen LogP contribution is -2.27. The maximum Gasteiger partial charge on any atom is 0.253 e. The highest BCUT2D eigenvalue weighted by Crippen LogP contribution is 2.33. The van der Waals surface area contributed by atoms with Crippen LogP contribution >= 0.6 is 0 Å². The smallest absolute Gasteiger partial charge is 0.253 e. The van der Waals surface area contributed by atoms with Crippen molar-refractivity contribution in [1.82, 2.24) is 20.3 Å². The van der Waals surface area contributed by atoms with E-state index in [0.717, 1.165) is 39.5 Å². The molecule has 0 spiro atoms. The number of aromatic nitrogens is 3. The number of carbonyl (C=O) groups excluding carboxylic acids is 1. The standard InChI is InChI=1S/C20H23N5O/c1-10-16-13(19(26)22-10)9-15(23-16)12-7-6-8-14-17(12)24-18(11(2)21-14)25-20(3,4)5/h6-10,23H,1-5H3,(H,22,26)(H,24,25)/t10-/m0/s1. The molecular weight excluding hydrogens is 326 g/mol. The summed E-state index contributed by atoms with van der Waals surface area (Å²) in [6.45, 7) is 10.2. The Morgan fingerprint density at radius 2 is 1.92 bits per heavy atom. The molecule has 4 rings (SSSR count). The third-order valence-electron chi connectivity index (χ3n) is 4.53. The maximum atomic E-state index is 12.1. The van der Waals surface area contributed by atoms with Crippen LogP contribution in [-0.2, 0) is 0 Å². The van der Waals surface area contributed by atoms with Gasteiger partial charge in [0.1, 0.15) is 11.3 Å². The van der Waals surface area contributed by atoms with E-state index in [-0.39, 0.29) is 17.5 Å². The SMILES string of the molecule is Cc1nc2cccc(-c3cc4c([nH]3)[C@H](C)NC4=O)c2nc1NC(C)(C)C. The zero-order valence-corrected chi connectivity index (χ0v) is 15.7. The van der Waals surface area contributed by atoms with Gasteiger partial charge in [-0.2, -0.15) is 0 Å². The largest absolute Gasteiger partial charge is 0.364 e. The van der Waals surface area contributed by atoms with Crippen LogP contribution in [0, 0.1) is 6.92 Å². The molecule has 3 heterocycles. The highest BCUT2D eigenvalue weighted by molar-refractivity contribution is 6.01. The van der Waals surface area contributed by atoms with Crippen molar-refractivity contribution in [3.05, 3.63) is 41.2 Å². The van der Waals surface area contributed by atoms with Gasteiger partial charge < -0.3 is 15.6 Å². The van der Waals surface area contributed by atoms with Gasteiger partial charge in [0.05, 0.1) is 28.5 Å². The lowest BCUT2D eigenvalue weighted by atomic mass is 10.1. The van der Waals surface area contributed by atoms with Crippen molar-refractivity contribution in [2.24, 2.45) is 0 Å². The normalized spacial score (nSPS) is 16.7. The second kappa shape index (κ2) is 5.56. The molecule has 0 saturated carbocycles. The van der Waals surface area contributed by atoms with E-state index in [1.54, 1.807) is 0 Å². The van der Waals surface area contributed by atoms with Crippen LogP contribution in [0.2, 0.25) is 0 Å². The van der Waals surface area contributed by atoms with Crippen LogP contribution in [0.1, 0.15) is 55.5 Å². The molecule has 1 aliphatic rings. The first-order valence-electron chi connectivity index (χ1n) is 8.82. The molecule has 0 bridgehead atoms. The van der Waals surface area contributed by atoms with Crippen LogP contribution in [0.3, 0.4) is 0 Å². The molecule has 0 saturated heterocycles. The Hall–Kier alpha value is -2.89. The number of carbonyl (C=O) groups is 1. The number of benzene rings is 1. The first kappa shape index (κ1) is 16.6. The highest BCUT2D eigenvalue weighted by atomic mass is 16.2. The molecule has 6 heteroatoms. The van der Waals surface area contributed by atoms with E-state index in [4.69, 9.17) is 9.97 Å². The minimum atomic E-state index is -0.108. The van der Waals surface area contributed by atoms with Gasteiger partial charge in [0.2, 0.25) is 0 Å². The zero-order chi connectivity index (χ0) is 18.6. The number of anilines is 1. The summed E-state index contributed by atoms with van der Waals surface area (Å²) < 4.78 is 0. The molecule has 0 aliphatic carbocycles. The topological polar surface area (TPSA) is 82.7 Å². The third kappa shape index (κ3) is 2.71. The molecule has 1 aliphatic heterocycles. The average Bonchev–Trinajstić information content (AvgIpc) is 3.08. The summed E-state index contributed by atoms with van der Waals surface area (Å²) in [7, 11) is 0. The van der Waals surface area contributed by atoms with Gasteiger partial charge in [-0.05, 0) is 46.8 Å². The van der Waals surface area contributed by atoms with Crippen molar-refractivity contribution >= 4 is 22.8 Å². The number of nitrogens with zero attached hydrogens (tertiary/aromatic N) is 2. The minimum Gasteiger partial charge on any atom is -0.364 e. The number of aromatic amines is 1. The van der Waals surface area contributed by atoms with Crippen molar-refractivity contribution in [1.29, 1.82) is 0 Å². The molecule has 3 aromatic rings. The Bertz CT molecular complexity index is 1030. The molecule has 1 atom stereocenters. The summed E-state index contributed by atoms with van der Waals surface area (Å²) in [5.41, 5.74) is 5.88. The van der Waals surface area contributed by atoms with E-state index in [2.05, 4.69) is 36.4 Å². The summed E-state index contributed by atoms with van der Waals surface area (Å²) in [6, 6.07) is 7.84. The van der Waals surface area contributed by atoms with E-state index in [1.807, 2.05) is 38.1 Å². The Balaban J connectivity index is 1.88. The lowest BCUT2D eigenvalue weighted by molar-refractivity contribution is 0.0958. The van der Waals surface area contributed by atoms with E-state index in [9.17, 15) is 4.79 Å². The molecule has 1 aromatic carbocycles. The second-order valence-corrected chi connectivity index (χ2v) is 7.91. The van der Waals surface area contributed by atoms with Crippen molar-refractivity contribution in [3.8, 4) is 11.3 Å². The summed E-state index contributed by atoms with van der Waals surface area (Å²) in [5.74, 6) is 0.745. The molecule has 0 fully saturated rings. The fraction of sp³-hybridized carbons (Fsp3) is 0.350. The van der Waals surface area contributed by atoms with Gasteiger partial charge in [-0.3, -0.25) is 4.79 Å². The molecular formula is C20H23N5O. The minimum absolute atomic E-state index is 0.00678. The number of hydrogen-bond acceptors (Lipinski definition) is 4.